The van der Waals surface area contributed by atoms with E-state index in [-0.39, 0.29) is 0 Å². The number of pyridine rings is 2. The fourth-order valence-corrected chi connectivity index (χ4v) is 5.69. The monoisotopic (exact) mass is 551 g/mol. The van der Waals surface area contributed by atoms with Crippen molar-refractivity contribution in [3.8, 4) is 50.8 Å². The smallest absolute Gasteiger partial charge is 0.159 e. The standard InChI is InChI=1S/C38H25N5/c1-2-10-27(11-3-1)34-22-28(23-35(42-34)33-14-8-9-21-39-33)38-40-24-29(25-41-38)26-17-19-30(20-18-26)43-36-15-6-4-12-31(36)32-13-5-7-16-37(32)43/h1-25H. The van der Waals surface area contributed by atoms with Crippen molar-refractivity contribution in [2.24, 2.45) is 0 Å². The minimum atomic E-state index is 0.641. The molecule has 4 aromatic heterocycles. The van der Waals surface area contributed by atoms with Crippen LogP contribution in [0.25, 0.3) is 72.7 Å². The van der Waals surface area contributed by atoms with Crippen LogP contribution >= 0.6 is 0 Å². The average molecular weight is 552 g/mol. The number of fused-ring (bicyclic) bond motifs is 3. The van der Waals surface area contributed by atoms with Crippen molar-refractivity contribution in [1.82, 2.24) is 24.5 Å². The fourth-order valence-electron chi connectivity index (χ4n) is 5.69. The minimum absolute atomic E-state index is 0.641. The number of rotatable bonds is 5. The molecule has 5 nitrogen and oxygen atoms in total. The topological polar surface area (TPSA) is 56.5 Å². The normalized spacial score (nSPS) is 11.3. The molecule has 4 aromatic carbocycles. The maximum absolute atomic E-state index is 4.91. The summed E-state index contributed by atoms with van der Waals surface area (Å²) in [6, 6.07) is 45.7. The van der Waals surface area contributed by atoms with Crippen molar-refractivity contribution >= 4 is 21.8 Å². The molecule has 0 radical (unpaired) electrons. The molecule has 0 fully saturated rings. The molecular formula is C38H25N5. The zero-order valence-electron chi connectivity index (χ0n) is 23.2. The minimum Gasteiger partial charge on any atom is -0.309 e. The largest absolute Gasteiger partial charge is 0.309 e. The second kappa shape index (κ2) is 10.5. The lowest BCUT2D eigenvalue weighted by Crippen LogP contribution is -1.96. The highest BCUT2D eigenvalue weighted by Crippen LogP contribution is 2.33. The van der Waals surface area contributed by atoms with Crippen molar-refractivity contribution in [2.75, 3.05) is 0 Å². The molecule has 0 aliphatic rings. The molecule has 0 aliphatic heterocycles. The Kier molecular flexibility index (Phi) is 6.05. The maximum Gasteiger partial charge on any atom is 0.159 e. The predicted molar refractivity (Wildman–Crippen MR) is 174 cm³/mol. The Bertz CT molecular complexity index is 2090. The van der Waals surface area contributed by atoms with E-state index in [9.17, 15) is 0 Å². The Morgan fingerprint density at radius 1 is 0.419 bits per heavy atom. The van der Waals surface area contributed by atoms with Crippen LogP contribution in [0, 0.1) is 0 Å². The van der Waals surface area contributed by atoms with Gasteiger partial charge in [0.05, 0.1) is 28.1 Å². The van der Waals surface area contributed by atoms with E-state index in [0.29, 0.717) is 5.82 Å². The van der Waals surface area contributed by atoms with E-state index in [0.717, 1.165) is 45.0 Å². The van der Waals surface area contributed by atoms with Gasteiger partial charge in [0.15, 0.2) is 5.82 Å². The van der Waals surface area contributed by atoms with Gasteiger partial charge >= 0.3 is 0 Å². The summed E-state index contributed by atoms with van der Waals surface area (Å²) >= 11 is 0. The van der Waals surface area contributed by atoms with Gasteiger partial charge < -0.3 is 4.57 Å². The summed E-state index contributed by atoms with van der Waals surface area (Å²) in [4.78, 5) is 19.0. The third-order valence-electron chi connectivity index (χ3n) is 7.77. The zero-order valence-corrected chi connectivity index (χ0v) is 23.2. The third-order valence-corrected chi connectivity index (χ3v) is 7.77. The van der Waals surface area contributed by atoms with Crippen LogP contribution in [-0.2, 0) is 0 Å². The van der Waals surface area contributed by atoms with Gasteiger partial charge in [-0.2, -0.15) is 0 Å². The van der Waals surface area contributed by atoms with Crippen molar-refractivity contribution < 1.29 is 0 Å². The molecule has 0 spiro atoms. The summed E-state index contributed by atoms with van der Waals surface area (Å²) in [6.45, 7) is 0. The molecular weight excluding hydrogens is 526 g/mol. The molecule has 0 saturated carbocycles. The van der Waals surface area contributed by atoms with Gasteiger partial charge in [0, 0.05) is 51.7 Å². The lowest BCUT2D eigenvalue weighted by molar-refractivity contribution is 1.16. The Balaban J connectivity index is 1.15. The Morgan fingerprint density at radius 2 is 1.05 bits per heavy atom. The van der Waals surface area contributed by atoms with Gasteiger partial charge in [-0.3, -0.25) is 4.98 Å². The number of hydrogen-bond donors (Lipinski definition) is 0. The van der Waals surface area contributed by atoms with Gasteiger partial charge in [0.1, 0.15) is 0 Å². The highest BCUT2D eigenvalue weighted by atomic mass is 15.0. The first-order valence-corrected chi connectivity index (χ1v) is 14.2. The van der Waals surface area contributed by atoms with Gasteiger partial charge in [0.2, 0.25) is 0 Å². The van der Waals surface area contributed by atoms with Gasteiger partial charge in [-0.15, -0.1) is 0 Å². The number of nitrogens with zero attached hydrogens (tertiary/aromatic N) is 5. The Hall–Kier alpha value is -5.94. The molecule has 5 heteroatoms. The van der Waals surface area contributed by atoms with Gasteiger partial charge in [0.25, 0.3) is 0 Å². The van der Waals surface area contributed by atoms with Crippen LogP contribution < -0.4 is 0 Å². The van der Waals surface area contributed by atoms with E-state index >= 15 is 0 Å². The predicted octanol–water partition coefficient (Wildman–Crippen LogP) is 9.03. The number of hydrogen-bond acceptors (Lipinski definition) is 4. The summed E-state index contributed by atoms with van der Waals surface area (Å²) in [5.41, 5.74) is 9.89. The van der Waals surface area contributed by atoms with Crippen LogP contribution in [0.3, 0.4) is 0 Å². The first-order valence-electron chi connectivity index (χ1n) is 14.2. The molecule has 0 bridgehead atoms. The molecule has 8 aromatic rings. The fraction of sp³-hybridized carbons (Fsp3) is 0. The maximum atomic E-state index is 4.91. The second-order valence-corrected chi connectivity index (χ2v) is 10.4. The second-order valence-electron chi connectivity index (χ2n) is 10.4. The zero-order chi connectivity index (χ0) is 28.6. The molecule has 0 aliphatic carbocycles. The van der Waals surface area contributed by atoms with Crippen molar-refractivity contribution in [2.45, 2.75) is 0 Å². The SMILES string of the molecule is c1ccc(-c2cc(-c3ncc(-c4ccc(-n5c6ccccc6c6ccccc65)cc4)cn3)cc(-c3ccccn3)n2)cc1. The summed E-state index contributed by atoms with van der Waals surface area (Å²) in [6.07, 6.45) is 5.56. The number of aromatic nitrogens is 5. The third kappa shape index (κ3) is 4.53. The number of para-hydroxylation sites is 2. The number of benzene rings is 4. The summed E-state index contributed by atoms with van der Waals surface area (Å²) in [5, 5.41) is 2.51. The molecule has 8 rings (SSSR count). The molecule has 202 valence electrons. The Morgan fingerprint density at radius 3 is 1.72 bits per heavy atom. The van der Waals surface area contributed by atoms with E-state index in [4.69, 9.17) is 15.0 Å². The van der Waals surface area contributed by atoms with Crippen LogP contribution in [0.2, 0.25) is 0 Å². The first kappa shape index (κ1) is 24.8. The van der Waals surface area contributed by atoms with E-state index < -0.39 is 0 Å². The van der Waals surface area contributed by atoms with Crippen LogP contribution in [0.5, 0.6) is 0 Å². The Labute approximate surface area is 248 Å². The van der Waals surface area contributed by atoms with Gasteiger partial charge in [-0.1, -0.05) is 84.9 Å². The lowest BCUT2D eigenvalue weighted by atomic mass is 10.1. The van der Waals surface area contributed by atoms with Crippen LogP contribution in [0.4, 0.5) is 0 Å². The van der Waals surface area contributed by atoms with Crippen molar-refractivity contribution in [3.05, 3.63) is 152 Å². The molecule has 43 heavy (non-hydrogen) atoms. The summed E-state index contributed by atoms with van der Waals surface area (Å²) < 4.78 is 2.32. The summed E-state index contributed by atoms with van der Waals surface area (Å²) in [7, 11) is 0. The molecule has 4 heterocycles. The van der Waals surface area contributed by atoms with Gasteiger partial charge in [-0.25, -0.2) is 15.0 Å². The van der Waals surface area contributed by atoms with E-state index in [1.807, 2.05) is 60.9 Å². The van der Waals surface area contributed by atoms with Gasteiger partial charge in [-0.05, 0) is 54.1 Å². The van der Waals surface area contributed by atoms with E-state index in [1.54, 1.807) is 6.20 Å². The molecule has 0 N–H and O–H groups in total. The van der Waals surface area contributed by atoms with Crippen molar-refractivity contribution in [1.29, 1.82) is 0 Å². The lowest BCUT2D eigenvalue weighted by Gasteiger charge is -2.10. The molecule has 0 amide bonds. The van der Waals surface area contributed by atoms with E-state index in [1.165, 1.54) is 21.8 Å². The van der Waals surface area contributed by atoms with Crippen LogP contribution in [0.15, 0.2) is 152 Å². The highest BCUT2D eigenvalue weighted by Gasteiger charge is 2.13. The molecule has 0 atom stereocenters. The van der Waals surface area contributed by atoms with Crippen LogP contribution in [0.1, 0.15) is 0 Å². The molecule has 0 saturated heterocycles. The van der Waals surface area contributed by atoms with Crippen LogP contribution in [-0.4, -0.2) is 24.5 Å². The highest BCUT2D eigenvalue weighted by molar-refractivity contribution is 6.09. The first-order chi connectivity index (χ1) is 21.3. The molecule has 0 unspecified atom stereocenters. The summed E-state index contributed by atoms with van der Waals surface area (Å²) in [5.74, 6) is 0.641. The quantitative estimate of drug-likeness (QED) is 0.214. The van der Waals surface area contributed by atoms with E-state index in [2.05, 4.69) is 94.5 Å². The average Bonchev–Trinajstić information content (AvgIpc) is 3.43. The van der Waals surface area contributed by atoms with Crippen molar-refractivity contribution in [3.63, 3.8) is 0 Å².